The van der Waals surface area contributed by atoms with Crippen molar-refractivity contribution in [3.63, 3.8) is 0 Å². The molecule has 2 aromatic rings. The second-order valence-corrected chi connectivity index (χ2v) is 5.26. The highest BCUT2D eigenvalue weighted by molar-refractivity contribution is 5.95. The van der Waals surface area contributed by atoms with Crippen molar-refractivity contribution in [2.45, 2.75) is 0 Å². The Labute approximate surface area is 140 Å². The van der Waals surface area contributed by atoms with Crippen molar-refractivity contribution in [2.24, 2.45) is 0 Å². The van der Waals surface area contributed by atoms with E-state index in [9.17, 15) is 4.79 Å². The molecule has 0 radical (unpaired) electrons. The van der Waals surface area contributed by atoms with Gasteiger partial charge in [-0.3, -0.25) is 4.79 Å². The lowest BCUT2D eigenvalue weighted by atomic mass is 10.1. The van der Waals surface area contributed by atoms with Gasteiger partial charge in [0.1, 0.15) is 0 Å². The number of ether oxygens (including phenoxy) is 3. The SMILES string of the molecule is COc1cc(OC)nc(-c2cccc(C(=O)N3CCOCC3)c2)n1. The smallest absolute Gasteiger partial charge is 0.254 e. The number of carbonyl (C=O) groups is 1. The number of morpholine rings is 1. The molecule has 0 atom stereocenters. The number of methoxy groups -OCH3 is 2. The number of carbonyl (C=O) groups excluding carboxylic acids is 1. The van der Waals surface area contributed by atoms with Crippen LogP contribution < -0.4 is 9.47 Å². The van der Waals surface area contributed by atoms with Crippen LogP contribution in [0.5, 0.6) is 11.8 Å². The first-order valence-corrected chi connectivity index (χ1v) is 7.66. The van der Waals surface area contributed by atoms with Crippen molar-refractivity contribution < 1.29 is 19.0 Å². The molecule has 1 saturated heterocycles. The molecule has 0 aliphatic carbocycles. The maximum absolute atomic E-state index is 12.6. The van der Waals surface area contributed by atoms with Crippen LogP contribution in [0.4, 0.5) is 0 Å². The number of benzene rings is 1. The third-order valence-corrected chi connectivity index (χ3v) is 3.76. The molecule has 0 bridgehead atoms. The predicted octanol–water partition coefficient (Wildman–Crippen LogP) is 1.63. The highest BCUT2D eigenvalue weighted by Gasteiger charge is 2.19. The van der Waals surface area contributed by atoms with Gasteiger partial charge in [0.2, 0.25) is 11.8 Å². The molecule has 0 N–H and O–H groups in total. The molecule has 0 unspecified atom stereocenters. The topological polar surface area (TPSA) is 73.8 Å². The quantitative estimate of drug-likeness (QED) is 0.849. The van der Waals surface area contributed by atoms with E-state index in [2.05, 4.69) is 9.97 Å². The first kappa shape index (κ1) is 16.2. The monoisotopic (exact) mass is 329 g/mol. The fraction of sp³-hybridized carbons (Fsp3) is 0.353. The summed E-state index contributed by atoms with van der Waals surface area (Å²) in [6.45, 7) is 2.35. The van der Waals surface area contributed by atoms with Crippen molar-refractivity contribution in [2.75, 3.05) is 40.5 Å². The molecule has 7 nitrogen and oxygen atoms in total. The van der Waals surface area contributed by atoms with Crippen LogP contribution >= 0.6 is 0 Å². The molecule has 1 aromatic heterocycles. The van der Waals surface area contributed by atoms with Crippen LogP contribution in [0.3, 0.4) is 0 Å². The van der Waals surface area contributed by atoms with Gasteiger partial charge in [-0.1, -0.05) is 12.1 Å². The van der Waals surface area contributed by atoms with Gasteiger partial charge in [0.25, 0.3) is 5.91 Å². The van der Waals surface area contributed by atoms with Gasteiger partial charge in [0.05, 0.1) is 33.5 Å². The molecule has 1 fully saturated rings. The van der Waals surface area contributed by atoms with E-state index >= 15 is 0 Å². The molecule has 0 spiro atoms. The molecule has 1 aromatic carbocycles. The first-order chi connectivity index (χ1) is 11.7. The molecule has 7 heteroatoms. The Morgan fingerprint density at radius 1 is 1.08 bits per heavy atom. The van der Waals surface area contributed by atoms with Crippen molar-refractivity contribution >= 4 is 5.91 Å². The molecule has 1 aliphatic heterocycles. The Kier molecular flexibility index (Phi) is 4.90. The number of aromatic nitrogens is 2. The summed E-state index contributed by atoms with van der Waals surface area (Å²) in [5, 5.41) is 0. The summed E-state index contributed by atoms with van der Waals surface area (Å²) in [5.74, 6) is 1.24. The highest BCUT2D eigenvalue weighted by atomic mass is 16.5. The van der Waals surface area contributed by atoms with Gasteiger partial charge >= 0.3 is 0 Å². The van der Waals surface area contributed by atoms with Crippen LogP contribution in [0.1, 0.15) is 10.4 Å². The van der Waals surface area contributed by atoms with Gasteiger partial charge in [-0.15, -0.1) is 0 Å². The predicted molar refractivity (Wildman–Crippen MR) is 87.3 cm³/mol. The second kappa shape index (κ2) is 7.27. The number of hydrogen-bond donors (Lipinski definition) is 0. The maximum Gasteiger partial charge on any atom is 0.254 e. The van der Waals surface area contributed by atoms with Crippen molar-refractivity contribution in [3.8, 4) is 23.1 Å². The van der Waals surface area contributed by atoms with Gasteiger partial charge in [-0.05, 0) is 12.1 Å². The fourth-order valence-corrected chi connectivity index (χ4v) is 2.48. The molecule has 126 valence electrons. The Morgan fingerprint density at radius 2 is 1.75 bits per heavy atom. The van der Waals surface area contributed by atoms with Crippen molar-refractivity contribution in [3.05, 3.63) is 35.9 Å². The Hall–Kier alpha value is -2.67. The van der Waals surface area contributed by atoms with E-state index in [1.165, 1.54) is 14.2 Å². The molecule has 24 heavy (non-hydrogen) atoms. The molecule has 2 heterocycles. The van der Waals surface area contributed by atoms with Gasteiger partial charge in [0.15, 0.2) is 5.82 Å². The molecule has 0 saturated carbocycles. The molecular formula is C17H19N3O4. The van der Waals surface area contributed by atoms with E-state index in [0.29, 0.717) is 49.5 Å². The molecular weight excluding hydrogens is 310 g/mol. The molecule has 1 aliphatic rings. The second-order valence-electron chi connectivity index (χ2n) is 5.26. The third kappa shape index (κ3) is 3.46. The summed E-state index contributed by atoms with van der Waals surface area (Å²) in [7, 11) is 3.06. The average Bonchev–Trinajstić information content (AvgIpc) is 2.67. The van der Waals surface area contributed by atoms with Crippen molar-refractivity contribution in [1.29, 1.82) is 0 Å². The lowest BCUT2D eigenvalue weighted by Crippen LogP contribution is -2.40. The van der Waals surface area contributed by atoms with Gasteiger partial charge in [-0.25, -0.2) is 0 Å². The Bertz CT molecular complexity index is 707. The van der Waals surface area contributed by atoms with E-state index in [-0.39, 0.29) is 5.91 Å². The summed E-state index contributed by atoms with van der Waals surface area (Å²) in [6.07, 6.45) is 0. The minimum atomic E-state index is -0.0185. The summed E-state index contributed by atoms with van der Waals surface area (Å²) in [6, 6.07) is 8.85. The number of rotatable bonds is 4. The van der Waals surface area contributed by atoms with Crippen LogP contribution in [0.15, 0.2) is 30.3 Å². The lowest BCUT2D eigenvalue weighted by molar-refractivity contribution is 0.0303. The summed E-state index contributed by atoms with van der Waals surface area (Å²) in [5.41, 5.74) is 1.33. The summed E-state index contributed by atoms with van der Waals surface area (Å²) in [4.78, 5) is 23.0. The van der Waals surface area contributed by atoms with Crippen LogP contribution in [-0.4, -0.2) is 61.3 Å². The first-order valence-electron chi connectivity index (χ1n) is 7.66. The Morgan fingerprint density at radius 3 is 2.38 bits per heavy atom. The van der Waals surface area contributed by atoms with E-state index in [1.807, 2.05) is 12.1 Å². The summed E-state index contributed by atoms with van der Waals surface area (Å²) < 4.78 is 15.6. The normalized spacial score (nSPS) is 14.3. The average molecular weight is 329 g/mol. The zero-order valence-electron chi connectivity index (χ0n) is 13.7. The molecule has 3 rings (SSSR count). The van der Waals surface area contributed by atoms with Crippen LogP contribution in [0, 0.1) is 0 Å². The third-order valence-electron chi connectivity index (χ3n) is 3.76. The van der Waals surface area contributed by atoms with Gasteiger partial charge < -0.3 is 19.1 Å². The Balaban J connectivity index is 1.91. The van der Waals surface area contributed by atoms with Crippen molar-refractivity contribution in [1.82, 2.24) is 14.9 Å². The zero-order chi connectivity index (χ0) is 16.9. The van der Waals surface area contributed by atoms with E-state index in [4.69, 9.17) is 14.2 Å². The minimum absolute atomic E-state index is 0.0185. The van der Waals surface area contributed by atoms with E-state index < -0.39 is 0 Å². The largest absolute Gasteiger partial charge is 0.481 e. The maximum atomic E-state index is 12.6. The van der Waals surface area contributed by atoms with E-state index in [1.54, 1.807) is 23.1 Å². The standard InChI is InChI=1S/C17H19N3O4/c1-22-14-11-15(23-2)19-16(18-14)12-4-3-5-13(10-12)17(21)20-6-8-24-9-7-20/h3-5,10-11H,6-9H2,1-2H3. The fourth-order valence-electron chi connectivity index (χ4n) is 2.48. The van der Waals surface area contributed by atoms with Gasteiger partial charge in [-0.2, -0.15) is 9.97 Å². The number of nitrogens with zero attached hydrogens (tertiary/aromatic N) is 3. The van der Waals surface area contributed by atoms with Crippen LogP contribution in [-0.2, 0) is 4.74 Å². The number of hydrogen-bond acceptors (Lipinski definition) is 6. The highest BCUT2D eigenvalue weighted by Crippen LogP contribution is 2.23. The lowest BCUT2D eigenvalue weighted by Gasteiger charge is -2.27. The zero-order valence-corrected chi connectivity index (χ0v) is 13.7. The summed E-state index contributed by atoms with van der Waals surface area (Å²) >= 11 is 0. The minimum Gasteiger partial charge on any atom is -0.481 e. The van der Waals surface area contributed by atoms with E-state index in [0.717, 1.165) is 5.56 Å². The van der Waals surface area contributed by atoms with Crippen LogP contribution in [0.2, 0.25) is 0 Å². The van der Waals surface area contributed by atoms with Gasteiger partial charge in [0, 0.05) is 24.2 Å². The molecule has 1 amide bonds. The van der Waals surface area contributed by atoms with Crippen LogP contribution in [0.25, 0.3) is 11.4 Å². The number of amides is 1.